The molecular formula is C11H17NOS. The fourth-order valence-corrected chi connectivity index (χ4v) is 3.14. The highest BCUT2D eigenvalue weighted by Crippen LogP contribution is 2.31. The number of aryl methyl sites for hydroxylation is 1. The standard InChI is InChI=1S/C11H17NOS/c1-8-5-7-14-11(8)10(12-2)9-4-3-6-13-9/h5,7,9-10,12H,3-4,6H2,1-2H3. The van der Waals surface area contributed by atoms with Crippen LogP contribution in [0.1, 0.15) is 29.3 Å². The van der Waals surface area contributed by atoms with Crippen LogP contribution in [0.4, 0.5) is 0 Å². The van der Waals surface area contributed by atoms with Crippen LogP contribution in [0, 0.1) is 6.92 Å². The van der Waals surface area contributed by atoms with Crippen LogP contribution in [0.3, 0.4) is 0 Å². The summed E-state index contributed by atoms with van der Waals surface area (Å²) in [6.07, 6.45) is 2.76. The van der Waals surface area contributed by atoms with E-state index in [-0.39, 0.29) is 0 Å². The van der Waals surface area contributed by atoms with E-state index >= 15 is 0 Å². The van der Waals surface area contributed by atoms with Crippen LogP contribution in [0.25, 0.3) is 0 Å². The number of likely N-dealkylation sites (N-methyl/N-ethyl adjacent to an activating group) is 1. The summed E-state index contributed by atoms with van der Waals surface area (Å²) in [7, 11) is 2.02. The summed E-state index contributed by atoms with van der Waals surface area (Å²) < 4.78 is 5.73. The van der Waals surface area contributed by atoms with E-state index in [9.17, 15) is 0 Å². The minimum Gasteiger partial charge on any atom is -0.376 e. The van der Waals surface area contributed by atoms with Crippen molar-refractivity contribution < 1.29 is 4.74 Å². The Morgan fingerprint density at radius 3 is 3.00 bits per heavy atom. The van der Waals surface area contributed by atoms with Crippen molar-refractivity contribution in [3.63, 3.8) is 0 Å². The van der Waals surface area contributed by atoms with Gasteiger partial charge in [-0.2, -0.15) is 0 Å². The first kappa shape index (κ1) is 10.1. The summed E-state index contributed by atoms with van der Waals surface area (Å²) in [4.78, 5) is 1.43. The van der Waals surface area contributed by atoms with Crippen molar-refractivity contribution in [1.29, 1.82) is 0 Å². The van der Waals surface area contributed by atoms with Gasteiger partial charge in [-0.25, -0.2) is 0 Å². The van der Waals surface area contributed by atoms with Crippen LogP contribution in [-0.4, -0.2) is 19.8 Å². The molecule has 1 aliphatic rings. The quantitative estimate of drug-likeness (QED) is 0.829. The summed E-state index contributed by atoms with van der Waals surface area (Å²) in [6, 6.07) is 2.57. The molecule has 2 unspecified atom stereocenters. The van der Waals surface area contributed by atoms with Gasteiger partial charge in [-0.3, -0.25) is 0 Å². The van der Waals surface area contributed by atoms with Gasteiger partial charge in [0, 0.05) is 11.5 Å². The lowest BCUT2D eigenvalue weighted by Crippen LogP contribution is -2.28. The Hall–Kier alpha value is -0.380. The second kappa shape index (κ2) is 4.43. The molecule has 2 rings (SSSR count). The molecule has 2 nitrogen and oxygen atoms in total. The van der Waals surface area contributed by atoms with Gasteiger partial charge in [-0.15, -0.1) is 11.3 Å². The molecule has 3 heteroatoms. The average Bonchev–Trinajstić information content (AvgIpc) is 2.80. The van der Waals surface area contributed by atoms with E-state index in [1.54, 1.807) is 0 Å². The number of thiophene rings is 1. The van der Waals surface area contributed by atoms with E-state index in [2.05, 4.69) is 23.7 Å². The normalized spacial score (nSPS) is 24.0. The third-order valence-electron chi connectivity index (χ3n) is 2.83. The molecule has 0 aliphatic carbocycles. The maximum absolute atomic E-state index is 5.73. The summed E-state index contributed by atoms with van der Waals surface area (Å²) in [5.41, 5.74) is 1.38. The Kier molecular flexibility index (Phi) is 3.21. The highest BCUT2D eigenvalue weighted by Gasteiger charge is 2.27. The van der Waals surface area contributed by atoms with Gasteiger partial charge >= 0.3 is 0 Å². The topological polar surface area (TPSA) is 21.3 Å². The molecule has 1 aromatic heterocycles. The number of ether oxygens (including phenoxy) is 1. The van der Waals surface area contributed by atoms with Gasteiger partial charge in [0.05, 0.1) is 12.1 Å². The highest BCUT2D eigenvalue weighted by atomic mass is 32.1. The Labute approximate surface area is 89.3 Å². The molecule has 1 aromatic rings. The van der Waals surface area contributed by atoms with Crippen LogP contribution in [0.5, 0.6) is 0 Å². The Bertz CT molecular complexity index is 291. The van der Waals surface area contributed by atoms with Crippen molar-refractivity contribution in [2.24, 2.45) is 0 Å². The van der Waals surface area contributed by atoms with Crippen LogP contribution in [0.15, 0.2) is 11.4 Å². The SMILES string of the molecule is CNC(c1sccc1C)C1CCCO1. The molecular weight excluding hydrogens is 194 g/mol. The summed E-state index contributed by atoms with van der Waals surface area (Å²) >= 11 is 1.83. The third-order valence-corrected chi connectivity index (χ3v) is 3.93. The van der Waals surface area contributed by atoms with Crippen LogP contribution in [0.2, 0.25) is 0 Å². The number of hydrogen-bond donors (Lipinski definition) is 1. The van der Waals surface area contributed by atoms with Crippen molar-refractivity contribution >= 4 is 11.3 Å². The van der Waals surface area contributed by atoms with E-state index < -0.39 is 0 Å². The number of rotatable bonds is 3. The van der Waals surface area contributed by atoms with E-state index in [0.717, 1.165) is 6.61 Å². The van der Waals surface area contributed by atoms with Crippen LogP contribution < -0.4 is 5.32 Å². The molecule has 1 N–H and O–H groups in total. The number of nitrogens with one attached hydrogen (secondary N) is 1. The van der Waals surface area contributed by atoms with Gasteiger partial charge < -0.3 is 10.1 Å². The zero-order valence-corrected chi connectivity index (χ0v) is 9.56. The molecule has 78 valence electrons. The monoisotopic (exact) mass is 211 g/mol. The Morgan fingerprint density at radius 2 is 2.50 bits per heavy atom. The van der Waals surface area contributed by atoms with Crippen molar-refractivity contribution in [3.05, 3.63) is 21.9 Å². The van der Waals surface area contributed by atoms with Crippen molar-refractivity contribution in [3.8, 4) is 0 Å². The van der Waals surface area contributed by atoms with Gasteiger partial charge in [0.1, 0.15) is 0 Å². The lowest BCUT2D eigenvalue weighted by Gasteiger charge is -2.22. The molecule has 0 amide bonds. The summed E-state index contributed by atoms with van der Waals surface area (Å²) in [5.74, 6) is 0. The first-order valence-electron chi connectivity index (χ1n) is 5.16. The van der Waals surface area contributed by atoms with Crippen molar-refractivity contribution in [2.75, 3.05) is 13.7 Å². The summed E-state index contributed by atoms with van der Waals surface area (Å²) in [5, 5.41) is 5.53. The van der Waals surface area contributed by atoms with E-state index in [1.165, 1.54) is 23.3 Å². The fourth-order valence-electron chi connectivity index (χ4n) is 2.05. The molecule has 1 saturated heterocycles. The van der Waals surface area contributed by atoms with E-state index in [1.807, 2.05) is 18.4 Å². The molecule has 1 fully saturated rings. The average molecular weight is 211 g/mol. The zero-order valence-electron chi connectivity index (χ0n) is 8.75. The van der Waals surface area contributed by atoms with E-state index in [4.69, 9.17) is 4.74 Å². The molecule has 1 aliphatic heterocycles. The predicted octanol–water partition coefficient (Wildman–Crippen LogP) is 2.50. The molecule has 0 spiro atoms. The second-order valence-electron chi connectivity index (χ2n) is 3.79. The minimum absolute atomic E-state index is 0.373. The van der Waals surface area contributed by atoms with Gasteiger partial charge in [-0.1, -0.05) is 0 Å². The molecule has 0 aromatic carbocycles. The molecule has 0 bridgehead atoms. The molecule has 2 heterocycles. The van der Waals surface area contributed by atoms with Crippen molar-refractivity contribution in [2.45, 2.75) is 31.9 Å². The largest absolute Gasteiger partial charge is 0.376 e. The van der Waals surface area contributed by atoms with Gasteiger partial charge in [0.2, 0.25) is 0 Å². The maximum atomic E-state index is 5.73. The zero-order chi connectivity index (χ0) is 9.97. The van der Waals surface area contributed by atoms with Crippen molar-refractivity contribution in [1.82, 2.24) is 5.32 Å². The van der Waals surface area contributed by atoms with Crippen LogP contribution in [-0.2, 0) is 4.74 Å². The number of hydrogen-bond acceptors (Lipinski definition) is 3. The van der Waals surface area contributed by atoms with Gasteiger partial charge in [0.25, 0.3) is 0 Å². The molecule has 14 heavy (non-hydrogen) atoms. The fraction of sp³-hybridized carbons (Fsp3) is 0.636. The van der Waals surface area contributed by atoms with E-state index in [0.29, 0.717) is 12.1 Å². The maximum Gasteiger partial charge on any atom is 0.0778 e. The second-order valence-corrected chi connectivity index (χ2v) is 4.73. The Morgan fingerprint density at radius 1 is 1.64 bits per heavy atom. The summed E-state index contributed by atoms with van der Waals surface area (Å²) in [6.45, 7) is 3.10. The molecule has 0 saturated carbocycles. The van der Waals surface area contributed by atoms with Crippen LogP contribution >= 0.6 is 11.3 Å². The smallest absolute Gasteiger partial charge is 0.0778 e. The molecule has 2 atom stereocenters. The van der Waals surface area contributed by atoms with Gasteiger partial charge in [0.15, 0.2) is 0 Å². The lowest BCUT2D eigenvalue weighted by molar-refractivity contribution is 0.0816. The third kappa shape index (κ3) is 1.85. The predicted molar refractivity (Wildman–Crippen MR) is 59.8 cm³/mol. The highest BCUT2D eigenvalue weighted by molar-refractivity contribution is 7.10. The Balaban J connectivity index is 2.16. The van der Waals surface area contributed by atoms with Gasteiger partial charge in [-0.05, 0) is 43.8 Å². The molecule has 0 radical (unpaired) electrons. The minimum atomic E-state index is 0.373. The first-order valence-corrected chi connectivity index (χ1v) is 6.03. The first-order chi connectivity index (χ1) is 6.83. The lowest BCUT2D eigenvalue weighted by atomic mass is 10.0.